The molecule has 4 heteroatoms. The van der Waals surface area contributed by atoms with Crippen LogP contribution in [0.15, 0.2) is 58.9 Å². The maximum atomic E-state index is 12.7. The van der Waals surface area contributed by atoms with E-state index in [1.165, 1.54) is 23.8 Å². The van der Waals surface area contributed by atoms with E-state index >= 15 is 0 Å². The second kappa shape index (κ2) is 10.9. The molecule has 1 amide bonds. The van der Waals surface area contributed by atoms with Crippen molar-refractivity contribution in [3.8, 4) is 0 Å². The van der Waals surface area contributed by atoms with Crippen LogP contribution < -0.4 is 5.32 Å². The Labute approximate surface area is 174 Å². The fourth-order valence-electron chi connectivity index (χ4n) is 3.70. The Morgan fingerprint density at radius 3 is 2.48 bits per heavy atom. The van der Waals surface area contributed by atoms with E-state index in [0.717, 1.165) is 31.3 Å². The number of hydrogen-bond acceptors (Lipinski definition) is 3. The van der Waals surface area contributed by atoms with Crippen molar-refractivity contribution < 1.29 is 14.4 Å². The molecule has 1 N–H and O–H groups in total. The molecule has 2 atom stereocenters. The van der Waals surface area contributed by atoms with E-state index in [9.17, 15) is 14.4 Å². The lowest BCUT2D eigenvalue weighted by atomic mass is 9.88. The third kappa shape index (κ3) is 7.80. The van der Waals surface area contributed by atoms with Crippen LogP contribution in [0.4, 0.5) is 0 Å². The molecule has 2 rings (SSSR count). The van der Waals surface area contributed by atoms with Gasteiger partial charge in [-0.1, -0.05) is 50.5 Å². The number of carbonyl (C=O) groups excluding carboxylic acids is 3. The highest BCUT2D eigenvalue weighted by Crippen LogP contribution is 2.24. The summed E-state index contributed by atoms with van der Waals surface area (Å²) in [7, 11) is 0. The molecule has 0 saturated carbocycles. The van der Waals surface area contributed by atoms with Gasteiger partial charge in [-0.05, 0) is 63.0 Å². The fourth-order valence-corrected chi connectivity index (χ4v) is 3.70. The van der Waals surface area contributed by atoms with Crippen LogP contribution in [-0.4, -0.2) is 17.5 Å². The van der Waals surface area contributed by atoms with Crippen molar-refractivity contribution in [2.75, 3.05) is 0 Å². The monoisotopic (exact) mass is 394 g/mol. The van der Waals surface area contributed by atoms with Gasteiger partial charge in [0.05, 0.1) is 5.70 Å². The number of rotatable bonds is 0. The Bertz CT molecular complexity index is 808. The van der Waals surface area contributed by atoms with Crippen LogP contribution in [0.3, 0.4) is 0 Å². The van der Waals surface area contributed by atoms with Gasteiger partial charge in [0.1, 0.15) is 0 Å². The van der Waals surface area contributed by atoms with E-state index in [-0.39, 0.29) is 17.3 Å². The lowest BCUT2D eigenvalue weighted by Gasteiger charge is -2.18. The van der Waals surface area contributed by atoms with Crippen LogP contribution >= 0.6 is 0 Å². The minimum Gasteiger partial charge on any atom is -0.319 e. The number of carbonyl (C=O) groups is 3. The average Bonchev–Trinajstić information content (AvgIpc) is 2.61. The summed E-state index contributed by atoms with van der Waals surface area (Å²) >= 11 is 0. The first-order valence-corrected chi connectivity index (χ1v) is 10.4. The molecule has 0 aromatic carbocycles. The Morgan fingerprint density at radius 2 is 1.72 bits per heavy atom. The number of ketones is 2. The minimum atomic E-state index is -0.402. The second-order valence-electron chi connectivity index (χ2n) is 8.31. The highest BCUT2D eigenvalue weighted by molar-refractivity contribution is 6.21. The van der Waals surface area contributed by atoms with Crippen molar-refractivity contribution in [3.63, 3.8) is 0 Å². The zero-order chi connectivity index (χ0) is 21.4. The Kier molecular flexibility index (Phi) is 8.56. The summed E-state index contributed by atoms with van der Waals surface area (Å²) in [6.45, 7) is 8.29. The molecular weight excluding hydrogens is 362 g/mol. The molecule has 1 radical (unpaired) electrons. The van der Waals surface area contributed by atoms with Gasteiger partial charge >= 0.3 is 0 Å². The summed E-state index contributed by atoms with van der Waals surface area (Å²) in [5.41, 5.74) is 2.60. The standard InChI is InChI=1S/C25H32NO3/c1-17-8-5-6-9-20(4)14-24(28)26-23-16-22(27)15-21(25(23)29)13-19(3)11-7-10-18(2)12-17/h6,8-9,12,14-16,18-19H,5,7,10-11,13H2,1-4H3,(H,26,28). The molecule has 29 heavy (non-hydrogen) atoms. The van der Waals surface area contributed by atoms with Gasteiger partial charge in [-0.2, -0.15) is 0 Å². The zero-order valence-corrected chi connectivity index (χ0v) is 18.0. The van der Waals surface area contributed by atoms with Crippen LogP contribution in [0.2, 0.25) is 0 Å². The number of hydrogen-bond donors (Lipinski definition) is 1. The van der Waals surface area contributed by atoms with Gasteiger partial charge in [-0.3, -0.25) is 14.4 Å². The van der Waals surface area contributed by atoms with Crippen molar-refractivity contribution in [1.82, 2.24) is 5.32 Å². The predicted molar refractivity (Wildman–Crippen MR) is 117 cm³/mol. The molecule has 0 aromatic rings. The number of Topliss-reactive ketones (excluding diaryl/α,β-unsaturated/α-hetero) is 1. The smallest absolute Gasteiger partial charge is 0.248 e. The second-order valence-corrected chi connectivity index (χ2v) is 8.31. The van der Waals surface area contributed by atoms with E-state index in [1.807, 2.05) is 19.1 Å². The van der Waals surface area contributed by atoms with Crippen LogP contribution in [-0.2, 0) is 14.4 Å². The van der Waals surface area contributed by atoms with Gasteiger partial charge in [-0.25, -0.2) is 0 Å². The normalized spacial score (nSPS) is 25.6. The van der Waals surface area contributed by atoms with E-state index < -0.39 is 5.91 Å². The van der Waals surface area contributed by atoms with Crippen LogP contribution in [0.25, 0.3) is 0 Å². The quantitative estimate of drug-likeness (QED) is 0.591. The third-order valence-corrected chi connectivity index (χ3v) is 5.18. The van der Waals surface area contributed by atoms with E-state index in [2.05, 4.69) is 38.6 Å². The van der Waals surface area contributed by atoms with Crippen molar-refractivity contribution in [1.29, 1.82) is 0 Å². The van der Waals surface area contributed by atoms with Gasteiger partial charge in [0, 0.05) is 17.7 Å². The number of amides is 1. The number of nitrogens with one attached hydrogen (secondary N) is 1. The SMILES string of the molecule is CC1=CC(C)CCCC(C)CC2=CC(=O)C=C(NC(=O)C=C(C)C=CC[CH]1)C2=O. The highest BCUT2D eigenvalue weighted by atomic mass is 16.2. The molecule has 0 saturated heterocycles. The van der Waals surface area contributed by atoms with Crippen molar-refractivity contribution in [2.24, 2.45) is 11.8 Å². The first kappa shape index (κ1) is 22.8. The molecule has 0 aromatic heterocycles. The lowest BCUT2D eigenvalue weighted by molar-refractivity contribution is -0.119. The van der Waals surface area contributed by atoms with Crippen LogP contribution in [0.5, 0.6) is 0 Å². The summed E-state index contributed by atoms with van der Waals surface area (Å²) in [5, 5.41) is 2.58. The fraction of sp³-hybridized carbons (Fsp3) is 0.440. The summed E-state index contributed by atoms with van der Waals surface area (Å²) in [6, 6.07) is 0. The highest BCUT2D eigenvalue weighted by Gasteiger charge is 2.24. The molecule has 155 valence electrons. The topological polar surface area (TPSA) is 63.2 Å². The zero-order valence-electron chi connectivity index (χ0n) is 18.0. The maximum Gasteiger partial charge on any atom is 0.248 e. The molecule has 0 spiro atoms. The molecule has 2 unspecified atom stereocenters. The number of fused-ring (bicyclic) bond motifs is 2. The lowest BCUT2D eigenvalue weighted by Crippen LogP contribution is -2.30. The summed E-state index contributed by atoms with van der Waals surface area (Å²) in [4.78, 5) is 37.0. The first-order chi connectivity index (χ1) is 13.7. The van der Waals surface area contributed by atoms with Gasteiger partial charge in [0.15, 0.2) is 5.78 Å². The van der Waals surface area contributed by atoms with Crippen molar-refractivity contribution >= 4 is 17.5 Å². The maximum absolute atomic E-state index is 12.7. The molecule has 4 nitrogen and oxygen atoms in total. The molecule has 1 heterocycles. The van der Waals surface area contributed by atoms with Gasteiger partial charge in [0.2, 0.25) is 11.7 Å². The summed E-state index contributed by atoms with van der Waals surface area (Å²) < 4.78 is 0. The number of allylic oxidation sites excluding steroid dienone is 8. The molecule has 2 bridgehead atoms. The van der Waals surface area contributed by atoms with Gasteiger partial charge < -0.3 is 5.32 Å². The molecular formula is C25H32NO3. The van der Waals surface area contributed by atoms with Crippen molar-refractivity contribution in [2.45, 2.75) is 59.8 Å². The van der Waals surface area contributed by atoms with Crippen LogP contribution in [0, 0.1) is 18.3 Å². The largest absolute Gasteiger partial charge is 0.319 e. The summed E-state index contributed by atoms with van der Waals surface area (Å²) in [6.07, 6.45) is 16.9. The van der Waals surface area contributed by atoms with Crippen LogP contribution in [0.1, 0.15) is 59.8 Å². The Morgan fingerprint density at radius 1 is 0.966 bits per heavy atom. The minimum absolute atomic E-state index is 0.0671. The molecule has 1 aliphatic carbocycles. The average molecular weight is 395 g/mol. The van der Waals surface area contributed by atoms with Gasteiger partial charge in [0.25, 0.3) is 0 Å². The Hall–Kier alpha value is -2.49. The first-order valence-electron chi connectivity index (χ1n) is 10.4. The Balaban J connectivity index is 2.21. The van der Waals surface area contributed by atoms with E-state index in [0.29, 0.717) is 23.8 Å². The molecule has 1 aliphatic heterocycles. The molecule has 2 aliphatic rings. The van der Waals surface area contributed by atoms with Crippen molar-refractivity contribution in [3.05, 3.63) is 65.3 Å². The predicted octanol–water partition coefficient (Wildman–Crippen LogP) is 4.95. The third-order valence-electron chi connectivity index (χ3n) is 5.18. The van der Waals surface area contributed by atoms with E-state index in [1.54, 1.807) is 0 Å². The summed E-state index contributed by atoms with van der Waals surface area (Å²) in [5.74, 6) is -0.116. The van der Waals surface area contributed by atoms with Gasteiger partial charge in [-0.15, -0.1) is 0 Å². The molecule has 0 fully saturated rings. The van der Waals surface area contributed by atoms with E-state index in [4.69, 9.17) is 0 Å².